The summed E-state index contributed by atoms with van der Waals surface area (Å²) in [4.78, 5) is 0. The van der Waals surface area contributed by atoms with Crippen LogP contribution in [0.3, 0.4) is 0 Å². The predicted molar refractivity (Wildman–Crippen MR) is 66.8 cm³/mol. The molecule has 0 spiro atoms. The molecule has 2 unspecified atom stereocenters. The summed E-state index contributed by atoms with van der Waals surface area (Å²) in [6.45, 7) is 2.28. The summed E-state index contributed by atoms with van der Waals surface area (Å²) in [6, 6.07) is 6.65. The van der Waals surface area contributed by atoms with Crippen molar-refractivity contribution in [3.05, 3.63) is 34.3 Å². The summed E-state index contributed by atoms with van der Waals surface area (Å²) in [7, 11) is 0. The molecule has 0 aliphatic heterocycles. The Morgan fingerprint density at radius 1 is 1.56 bits per heavy atom. The first kappa shape index (κ1) is 11.9. The quantitative estimate of drug-likeness (QED) is 0.847. The van der Waals surface area contributed by atoms with Crippen molar-refractivity contribution in [2.45, 2.75) is 38.3 Å². The number of hydrogen-bond acceptors (Lipinski definition) is 2. The van der Waals surface area contributed by atoms with E-state index in [0.717, 1.165) is 24.3 Å². The van der Waals surface area contributed by atoms with E-state index < -0.39 is 0 Å². The average Bonchev–Trinajstić information content (AvgIpc) is 2.68. The molecule has 1 aromatic rings. The van der Waals surface area contributed by atoms with Crippen LogP contribution in [0, 0.1) is 0 Å². The van der Waals surface area contributed by atoms with Crippen LogP contribution in [-0.4, -0.2) is 17.8 Å². The van der Waals surface area contributed by atoms with Crippen LogP contribution in [0.4, 0.5) is 0 Å². The number of halogens is 1. The average molecular weight is 240 g/mol. The maximum absolute atomic E-state index is 9.20. The van der Waals surface area contributed by atoms with E-state index in [1.54, 1.807) is 0 Å². The van der Waals surface area contributed by atoms with Gasteiger partial charge in [-0.3, -0.25) is 0 Å². The van der Waals surface area contributed by atoms with Crippen LogP contribution >= 0.6 is 11.6 Å². The van der Waals surface area contributed by atoms with Gasteiger partial charge in [0.25, 0.3) is 0 Å². The molecule has 2 N–H and O–H groups in total. The van der Waals surface area contributed by atoms with E-state index in [0.29, 0.717) is 6.04 Å². The maximum atomic E-state index is 9.20. The Morgan fingerprint density at radius 3 is 3.06 bits per heavy atom. The van der Waals surface area contributed by atoms with E-state index in [4.69, 9.17) is 11.6 Å². The Labute approximate surface area is 102 Å². The van der Waals surface area contributed by atoms with Gasteiger partial charge in [-0.2, -0.15) is 0 Å². The van der Waals surface area contributed by atoms with E-state index in [-0.39, 0.29) is 12.6 Å². The first-order valence-corrected chi connectivity index (χ1v) is 6.27. The van der Waals surface area contributed by atoms with E-state index in [9.17, 15) is 5.11 Å². The number of nitrogens with one attached hydrogen (secondary N) is 1. The maximum Gasteiger partial charge on any atom is 0.0584 e. The largest absolute Gasteiger partial charge is 0.395 e. The lowest BCUT2D eigenvalue weighted by molar-refractivity contribution is 0.227. The van der Waals surface area contributed by atoms with Crippen molar-refractivity contribution < 1.29 is 5.11 Å². The molecule has 0 heterocycles. The second-order valence-corrected chi connectivity index (χ2v) is 4.83. The highest BCUT2D eigenvalue weighted by Gasteiger charge is 2.24. The van der Waals surface area contributed by atoms with Crippen LogP contribution in [0.25, 0.3) is 0 Å². The lowest BCUT2D eigenvalue weighted by atomic mass is 10.1. The minimum atomic E-state index is 0.190. The van der Waals surface area contributed by atoms with E-state index in [2.05, 4.69) is 18.3 Å². The Morgan fingerprint density at radius 2 is 2.38 bits per heavy atom. The van der Waals surface area contributed by atoms with Gasteiger partial charge in [-0.05, 0) is 42.5 Å². The molecular weight excluding hydrogens is 222 g/mol. The smallest absolute Gasteiger partial charge is 0.0584 e. The fourth-order valence-electron chi connectivity index (χ4n) is 2.33. The summed E-state index contributed by atoms with van der Waals surface area (Å²) in [5, 5.41) is 13.5. The van der Waals surface area contributed by atoms with Gasteiger partial charge in [-0.15, -0.1) is 0 Å². The van der Waals surface area contributed by atoms with Gasteiger partial charge in [0.2, 0.25) is 0 Å². The second kappa shape index (κ2) is 5.17. The van der Waals surface area contributed by atoms with Crippen LogP contribution in [0.2, 0.25) is 5.02 Å². The summed E-state index contributed by atoms with van der Waals surface area (Å²) in [6.07, 6.45) is 3.15. The number of rotatable bonds is 4. The number of benzene rings is 1. The lowest BCUT2D eigenvalue weighted by Gasteiger charge is -2.20. The highest BCUT2D eigenvalue weighted by molar-refractivity contribution is 6.30. The highest BCUT2D eigenvalue weighted by atomic mass is 35.5. The first-order valence-electron chi connectivity index (χ1n) is 5.89. The van der Waals surface area contributed by atoms with Crippen LogP contribution in [-0.2, 0) is 6.42 Å². The van der Waals surface area contributed by atoms with Crippen molar-refractivity contribution in [2.24, 2.45) is 0 Å². The minimum absolute atomic E-state index is 0.190. The standard InChI is InChI=1S/C13H18ClNO/c1-2-11(8-16)15-13-6-4-9-3-5-10(14)7-12(9)13/h3,5,7,11,13,15-16H,2,4,6,8H2,1H3. The summed E-state index contributed by atoms with van der Waals surface area (Å²) in [5.41, 5.74) is 2.69. The fourth-order valence-corrected chi connectivity index (χ4v) is 2.51. The highest BCUT2D eigenvalue weighted by Crippen LogP contribution is 2.33. The molecule has 0 aromatic heterocycles. The number of hydrogen-bond donors (Lipinski definition) is 2. The van der Waals surface area contributed by atoms with E-state index >= 15 is 0 Å². The zero-order valence-electron chi connectivity index (χ0n) is 9.54. The molecule has 2 atom stereocenters. The zero-order valence-corrected chi connectivity index (χ0v) is 10.3. The second-order valence-electron chi connectivity index (χ2n) is 4.39. The van der Waals surface area contributed by atoms with Gasteiger partial charge in [-0.1, -0.05) is 24.6 Å². The summed E-state index contributed by atoms with van der Waals surface area (Å²) < 4.78 is 0. The number of aliphatic hydroxyl groups is 1. The van der Waals surface area contributed by atoms with Gasteiger partial charge in [0.15, 0.2) is 0 Å². The van der Waals surface area contributed by atoms with Gasteiger partial charge in [-0.25, -0.2) is 0 Å². The first-order chi connectivity index (χ1) is 7.74. The van der Waals surface area contributed by atoms with Crippen LogP contribution in [0.15, 0.2) is 18.2 Å². The van der Waals surface area contributed by atoms with Gasteiger partial charge >= 0.3 is 0 Å². The van der Waals surface area contributed by atoms with Crippen molar-refractivity contribution in [3.63, 3.8) is 0 Å². The Hall–Kier alpha value is -0.570. The third kappa shape index (κ3) is 2.40. The van der Waals surface area contributed by atoms with Crippen molar-refractivity contribution >= 4 is 11.6 Å². The topological polar surface area (TPSA) is 32.3 Å². The molecule has 2 rings (SSSR count). The summed E-state index contributed by atoms with van der Waals surface area (Å²) >= 11 is 6.02. The molecule has 0 saturated carbocycles. The molecule has 0 saturated heterocycles. The van der Waals surface area contributed by atoms with Crippen LogP contribution in [0.5, 0.6) is 0 Å². The van der Waals surface area contributed by atoms with E-state index in [1.807, 2.05) is 12.1 Å². The normalized spacial score (nSPS) is 20.8. The third-order valence-corrected chi connectivity index (χ3v) is 3.57. The Kier molecular flexibility index (Phi) is 3.85. The van der Waals surface area contributed by atoms with Crippen LogP contribution in [0.1, 0.15) is 36.9 Å². The summed E-state index contributed by atoms with van der Waals surface area (Å²) in [5.74, 6) is 0. The zero-order chi connectivity index (χ0) is 11.5. The van der Waals surface area contributed by atoms with Gasteiger partial charge in [0.1, 0.15) is 0 Å². The molecule has 1 aromatic carbocycles. The van der Waals surface area contributed by atoms with Crippen molar-refractivity contribution in [3.8, 4) is 0 Å². The van der Waals surface area contributed by atoms with Crippen molar-refractivity contribution in [1.82, 2.24) is 5.32 Å². The van der Waals surface area contributed by atoms with Crippen molar-refractivity contribution in [2.75, 3.05) is 6.61 Å². The van der Waals surface area contributed by atoms with Gasteiger partial charge in [0, 0.05) is 17.1 Å². The molecular formula is C13H18ClNO. The molecule has 16 heavy (non-hydrogen) atoms. The van der Waals surface area contributed by atoms with Gasteiger partial charge in [0.05, 0.1) is 6.61 Å². The molecule has 0 bridgehead atoms. The Bertz CT molecular complexity index is 363. The third-order valence-electron chi connectivity index (χ3n) is 3.34. The van der Waals surface area contributed by atoms with Crippen LogP contribution < -0.4 is 5.32 Å². The fraction of sp³-hybridized carbons (Fsp3) is 0.538. The number of aryl methyl sites for hydroxylation is 1. The Balaban J connectivity index is 2.13. The SMILES string of the molecule is CCC(CO)NC1CCc2ccc(Cl)cc21. The predicted octanol–water partition coefficient (Wildman–Crippen LogP) is 2.69. The molecule has 0 fully saturated rings. The molecule has 3 heteroatoms. The monoisotopic (exact) mass is 239 g/mol. The van der Waals surface area contributed by atoms with Crippen molar-refractivity contribution in [1.29, 1.82) is 0 Å². The lowest BCUT2D eigenvalue weighted by Crippen LogP contribution is -2.34. The molecule has 2 nitrogen and oxygen atoms in total. The molecule has 1 aliphatic rings. The minimum Gasteiger partial charge on any atom is -0.395 e. The molecule has 1 aliphatic carbocycles. The van der Waals surface area contributed by atoms with Gasteiger partial charge < -0.3 is 10.4 Å². The molecule has 0 amide bonds. The number of fused-ring (bicyclic) bond motifs is 1. The molecule has 88 valence electrons. The van der Waals surface area contributed by atoms with E-state index in [1.165, 1.54) is 11.1 Å². The molecule has 0 radical (unpaired) electrons. The number of aliphatic hydroxyl groups excluding tert-OH is 1.